The molecule has 0 amide bonds. The van der Waals surface area contributed by atoms with E-state index in [-0.39, 0.29) is 6.10 Å². The Morgan fingerprint density at radius 2 is 1.32 bits per heavy atom. The fraction of sp³-hybridized carbons (Fsp3) is 0.520. The van der Waals surface area contributed by atoms with Crippen LogP contribution in [-0.4, -0.2) is 28.9 Å². The van der Waals surface area contributed by atoms with Gasteiger partial charge in [0.25, 0.3) is 0 Å². The Kier molecular flexibility index (Phi) is 8.38. The van der Waals surface area contributed by atoms with E-state index in [2.05, 4.69) is 65.3 Å². The average Bonchev–Trinajstić information content (AvgIpc) is 3.03. The molecule has 0 spiro atoms. The number of fused-ring (bicyclic) bond motifs is 3. The van der Waals surface area contributed by atoms with Gasteiger partial charge in [-0.15, -0.1) is 0 Å². The molecule has 3 heteroatoms. The van der Waals surface area contributed by atoms with Gasteiger partial charge in [0.15, 0.2) is 0 Å². The van der Waals surface area contributed by atoms with Gasteiger partial charge in [0.2, 0.25) is 0 Å². The molecule has 28 heavy (non-hydrogen) atoms. The van der Waals surface area contributed by atoms with Crippen LogP contribution < -0.4 is 5.32 Å². The van der Waals surface area contributed by atoms with Crippen molar-refractivity contribution >= 4 is 21.8 Å². The van der Waals surface area contributed by atoms with Gasteiger partial charge in [0.05, 0.1) is 12.6 Å². The molecule has 152 valence electrons. The van der Waals surface area contributed by atoms with Crippen LogP contribution in [0.5, 0.6) is 0 Å². The monoisotopic (exact) mass is 380 g/mol. The Morgan fingerprint density at radius 3 is 1.93 bits per heavy atom. The Bertz CT molecular complexity index is 786. The standard InChI is InChI=1S/C25H36N2O/c1-2-3-4-5-6-7-8-13-18-26-19-21(28)20-27-24-16-11-9-14-22(24)23-15-10-12-17-25(23)27/h9-12,14-17,21,26,28H,2-8,13,18-20H2,1H3. The molecule has 3 rings (SSSR count). The molecule has 1 atom stereocenters. The molecule has 0 radical (unpaired) electrons. The molecule has 2 N–H and O–H groups in total. The highest BCUT2D eigenvalue weighted by molar-refractivity contribution is 6.07. The second-order valence-electron chi connectivity index (χ2n) is 7.98. The van der Waals surface area contributed by atoms with Crippen LogP contribution in [0, 0.1) is 0 Å². The Morgan fingerprint density at radius 1 is 0.786 bits per heavy atom. The summed E-state index contributed by atoms with van der Waals surface area (Å²) in [6.07, 6.45) is 10.3. The maximum atomic E-state index is 10.6. The number of hydrogen-bond acceptors (Lipinski definition) is 2. The lowest BCUT2D eigenvalue weighted by molar-refractivity contribution is 0.154. The van der Waals surface area contributed by atoms with Crippen molar-refractivity contribution in [2.45, 2.75) is 70.9 Å². The first kappa shape index (κ1) is 20.9. The van der Waals surface area contributed by atoms with Crippen molar-refractivity contribution in [2.75, 3.05) is 13.1 Å². The topological polar surface area (TPSA) is 37.2 Å². The number of nitrogens with one attached hydrogen (secondary N) is 1. The number of unbranched alkanes of at least 4 members (excludes halogenated alkanes) is 7. The van der Waals surface area contributed by atoms with Crippen molar-refractivity contribution in [3.05, 3.63) is 48.5 Å². The number of aliphatic hydroxyl groups excluding tert-OH is 1. The highest BCUT2D eigenvalue weighted by Crippen LogP contribution is 2.28. The largest absolute Gasteiger partial charge is 0.390 e. The molecule has 1 aromatic heterocycles. The molecular formula is C25H36N2O. The second kappa shape index (κ2) is 11.2. The summed E-state index contributed by atoms with van der Waals surface area (Å²) in [5.41, 5.74) is 2.40. The third-order valence-corrected chi connectivity index (χ3v) is 5.66. The molecule has 0 aliphatic rings. The summed E-state index contributed by atoms with van der Waals surface area (Å²) in [7, 11) is 0. The van der Waals surface area contributed by atoms with Crippen LogP contribution in [0.1, 0.15) is 58.3 Å². The maximum Gasteiger partial charge on any atom is 0.0843 e. The lowest BCUT2D eigenvalue weighted by atomic mass is 10.1. The Hall–Kier alpha value is -1.84. The molecule has 0 saturated heterocycles. The fourth-order valence-corrected chi connectivity index (χ4v) is 4.13. The van der Waals surface area contributed by atoms with Crippen LogP contribution in [0.25, 0.3) is 21.8 Å². The minimum absolute atomic E-state index is 0.381. The van der Waals surface area contributed by atoms with E-state index in [1.165, 1.54) is 73.2 Å². The first-order valence-electron chi connectivity index (χ1n) is 11.2. The number of para-hydroxylation sites is 2. The molecule has 0 aliphatic carbocycles. The lowest BCUT2D eigenvalue weighted by Gasteiger charge is -2.15. The SMILES string of the molecule is CCCCCCCCCCNCC(O)Cn1c2ccccc2c2ccccc21. The maximum absolute atomic E-state index is 10.6. The van der Waals surface area contributed by atoms with Gasteiger partial charge in [-0.3, -0.25) is 0 Å². The first-order valence-corrected chi connectivity index (χ1v) is 11.2. The zero-order valence-corrected chi connectivity index (χ0v) is 17.4. The summed E-state index contributed by atoms with van der Waals surface area (Å²) in [6.45, 7) is 4.54. The lowest BCUT2D eigenvalue weighted by Crippen LogP contribution is -2.30. The van der Waals surface area contributed by atoms with Gasteiger partial charge in [0.1, 0.15) is 0 Å². The number of benzene rings is 2. The van der Waals surface area contributed by atoms with Crippen LogP contribution in [0.4, 0.5) is 0 Å². The number of aliphatic hydroxyl groups is 1. The van der Waals surface area contributed by atoms with E-state index in [1.807, 2.05) is 0 Å². The smallest absolute Gasteiger partial charge is 0.0843 e. The van der Waals surface area contributed by atoms with Gasteiger partial charge in [-0.25, -0.2) is 0 Å². The zero-order chi connectivity index (χ0) is 19.6. The van der Waals surface area contributed by atoms with Gasteiger partial charge >= 0.3 is 0 Å². The van der Waals surface area contributed by atoms with E-state index in [4.69, 9.17) is 0 Å². The molecule has 0 aliphatic heterocycles. The summed E-state index contributed by atoms with van der Waals surface area (Å²) >= 11 is 0. The summed E-state index contributed by atoms with van der Waals surface area (Å²) in [5.74, 6) is 0. The van der Waals surface area contributed by atoms with Crippen molar-refractivity contribution < 1.29 is 5.11 Å². The van der Waals surface area contributed by atoms with E-state index in [1.54, 1.807) is 0 Å². The zero-order valence-electron chi connectivity index (χ0n) is 17.4. The molecule has 2 aromatic carbocycles. The van der Waals surface area contributed by atoms with Gasteiger partial charge in [-0.05, 0) is 25.1 Å². The second-order valence-corrected chi connectivity index (χ2v) is 7.98. The predicted molar refractivity (Wildman–Crippen MR) is 121 cm³/mol. The predicted octanol–water partition coefficient (Wildman–Crippen LogP) is 5.89. The highest BCUT2D eigenvalue weighted by Gasteiger charge is 2.12. The molecule has 3 nitrogen and oxygen atoms in total. The van der Waals surface area contributed by atoms with Gasteiger partial charge in [-0.1, -0.05) is 88.3 Å². The summed E-state index contributed by atoms with van der Waals surface area (Å²) in [5, 5.41) is 16.5. The molecule has 0 saturated carbocycles. The van der Waals surface area contributed by atoms with E-state index in [0.717, 1.165) is 6.54 Å². The Labute approximate surface area is 169 Å². The van der Waals surface area contributed by atoms with Crippen LogP contribution in [0.2, 0.25) is 0 Å². The van der Waals surface area contributed by atoms with Gasteiger partial charge in [0, 0.05) is 28.4 Å². The number of rotatable bonds is 13. The van der Waals surface area contributed by atoms with E-state index in [0.29, 0.717) is 13.1 Å². The quantitative estimate of drug-likeness (QED) is 0.363. The molecule has 1 heterocycles. The molecule has 0 bridgehead atoms. The van der Waals surface area contributed by atoms with Crippen LogP contribution >= 0.6 is 0 Å². The van der Waals surface area contributed by atoms with Crippen molar-refractivity contribution in [3.8, 4) is 0 Å². The molecule has 3 aromatic rings. The summed E-state index contributed by atoms with van der Waals surface area (Å²) in [6, 6.07) is 16.9. The van der Waals surface area contributed by atoms with Crippen molar-refractivity contribution in [3.63, 3.8) is 0 Å². The van der Waals surface area contributed by atoms with Crippen molar-refractivity contribution in [2.24, 2.45) is 0 Å². The van der Waals surface area contributed by atoms with E-state index < -0.39 is 0 Å². The van der Waals surface area contributed by atoms with E-state index >= 15 is 0 Å². The molecule has 1 unspecified atom stereocenters. The van der Waals surface area contributed by atoms with Gasteiger partial charge < -0.3 is 15.0 Å². The first-order chi connectivity index (χ1) is 13.8. The van der Waals surface area contributed by atoms with Crippen molar-refractivity contribution in [1.82, 2.24) is 9.88 Å². The van der Waals surface area contributed by atoms with Crippen LogP contribution in [0.15, 0.2) is 48.5 Å². The normalized spacial score (nSPS) is 12.8. The van der Waals surface area contributed by atoms with Crippen LogP contribution in [-0.2, 0) is 6.54 Å². The van der Waals surface area contributed by atoms with Crippen molar-refractivity contribution in [1.29, 1.82) is 0 Å². The minimum atomic E-state index is -0.381. The fourth-order valence-electron chi connectivity index (χ4n) is 4.13. The van der Waals surface area contributed by atoms with Gasteiger partial charge in [-0.2, -0.15) is 0 Å². The van der Waals surface area contributed by atoms with Crippen LogP contribution in [0.3, 0.4) is 0 Å². The Balaban J connectivity index is 1.42. The summed E-state index contributed by atoms with van der Waals surface area (Å²) < 4.78 is 2.26. The molecule has 0 fully saturated rings. The number of hydrogen-bond donors (Lipinski definition) is 2. The third-order valence-electron chi connectivity index (χ3n) is 5.66. The highest BCUT2D eigenvalue weighted by atomic mass is 16.3. The molecular weight excluding hydrogens is 344 g/mol. The number of nitrogens with zero attached hydrogens (tertiary/aromatic N) is 1. The minimum Gasteiger partial charge on any atom is -0.390 e. The number of aromatic nitrogens is 1. The third kappa shape index (κ3) is 5.59. The van der Waals surface area contributed by atoms with E-state index in [9.17, 15) is 5.11 Å². The summed E-state index contributed by atoms with van der Waals surface area (Å²) in [4.78, 5) is 0. The average molecular weight is 381 g/mol.